The summed E-state index contributed by atoms with van der Waals surface area (Å²) in [4.78, 5) is 25.4. The second-order valence-corrected chi connectivity index (χ2v) is 6.02. The van der Waals surface area contributed by atoms with Gasteiger partial charge in [0.2, 0.25) is 5.91 Å². The summed E-state index contributed by atoms with van der Waals surface area (Å²) in [6, 6.07) is 1.18. The molecule has 0 bridgehead atoms. The van der Waals surface area contributed by atoms with Crippen LogP contribution in [0.15, 0.2) is 18.5 Å². The van der Waals surface area contributed by atoms with Crippen LogP contribution in [0.1, 0.15) is 32.1 Å². The molecule has 1 saturated carbocycles. The first-order chi connectivity index (χ1) is 10.7. The van der Waals surface area contributed by atoms with Gasteiger partial charge in [0.25, 0.3) is 0 Å². The van der Waals surface area contributed by atoms with Crippen LogP contribution >= 0.6 is 0 Å². The van der Waals surface area contributed by atoms with Crippen molar-refractivity contribution in [2.75, 3.05) is 6.54 Å². The summed E-state index contributed by atoms with van der Waals surface area (Å²) >= 11 is 0. The minimum Gasteiger partial charge on any atom is -0.548 e. The van der Waals surface area contributed by atoms with Gasteiger partial charge in [0.05, 0.1) is 18.1 Å². The largest absolute Gasteiger partial charge is 1.00 e. The minimum absolute atomic E-state index is 0. The zero-order chi connectivity index (χ0) is 15.5. The first kappa shape index (κ1) is 18.4. The topological polar surface area (TPSA) is 90.3 Å². The van der Waals surface area contributed by atoms with Gasteiger partial charge in [0, 0.05) is 31.5 Å². The van der Waals surface area contributed by atoms with Gasteiger partial charge in [-0.2, -0.15) is 5.10 Å². The zero-order valence-corrected chi connectivity index (χ0v) is 15.5. The molecule has 1 saturated heterocycles. The monoisotopic (exact) mass is 328 g/mol. The SMILES string of the molecule is O=C([O-])C1CCC(C(=O)NCCCn2cccn2)N1C1CC1.[Na+]. The number of aliphatic carboxylic acids is 1. The van der Waals surface area contributed by atoms with E-state index < -0.39 is 12.0 Å². The molecule has 23 heavy (non-hydrogen) atoms. The van der Waals surface area contributed by atoms with Gasteiger partial charge < -0.3 is 15.2 Å². The van der Waals surface area contributed by atoms with Gasteiger partial charge in [-0.1, -0.05) is 0 Å². The molecule has 2 heterocycles. The average molecular weight is 328 g/mol. The molecule has 0 aromatic carbocycles. The minimum atomic E-state index is -1.05. The maximum absolute atomic E-state index is 12.3. The number of nitrogens with one attached hydrogen (secondary N) is 1. The average Bonchev–Trinajstić information content (AvgIpc) is 3.03. The van der Waals surface area contributed by atoms with Gasteiger partial charge in [0.1, 0.15) is 0 Å². The van der Waals surface area contributed by atoms with E-state index in [0.717, 1.165) is 25.8 Å². The Bertz CT molecular complexity index is 533. The van der Waals surface area contributed by atoms with Crippen LogP contribution < -0.4 is 40.0 Å². The fraction of sp³-hybridized carbons (Fsp3) is 0.667. The first-order valence-corrected chi connectivity index (χ1v) is 7.90. The van der Waals surface area contributed by atoms with Crippen molar-refractivity contribution in [1.29, 1.82) is 0 Å². The number of aromatic nitrogens is 2. The number of carboxylic acid groups (broad SMARTS) is 1. The number of aryl methyl sites for hydroxylation is 1. The number of carboxylic acids is 1. The van der Waals surface area contributed by atoms with Gasteiger partial charge in [0.15, 0.2) is 0 Å². The van der Waals surface area contributed by atoms with E-state index in [2.05, 4.69) is 10.4 Å². The quantitative estimate of drug-likeness (QED) is 0.409. The molecule has 2 aliphatic rings. The van der Waals surface area contributed by atoms with Crippen LogP contribution in [-0.2, 0) is 16.1 Å². The molecule has 0 radical (unpaired) electrons. The van der Waals surface area contributed by atoms with E-state index in [1.807, 2.05) is 21.8 Å². The molecule has 1 aliphatic carbocycles. The molecule has 1 aromatic heterocycles. The van der Waals surface area contributed by atoms with Crippen molar-refractivity contribution in [3.63, 3.8) is 0 Å². The molecule has 0 spiro atoms. The van der Waals surface area contributed by atoms with Crippen molar-refractivity contribution in [3.05, 3.63) is 18.5 Å². The molecule has 7 nitrogen and oxygen atoms in total. The zero-order valence-electron chi connectivity index (χ0n) is 13.5. The van der Waals surface area contributed by atoms with Crippen molar-refractivity contribution in [2.45, 2.75) is 56.8 Å². The Kier molecular flexibility index (Phi) is 6.64. The maximum atomic E-state index is 12.3. The third kappa shape index (κ3) is 4.56. The summed E-state index contributed by atoms with van der Waals surface area (Å²) < 4.78 is 1.82. The smallest absolute Gasteiger partial charge is 0.548 e. The second-order valence-electron chi connectivity index (χ2n) is 6.02. The van der Waals surface area contributed by atoms with Crippen molar-refractivity contribution in [1.82, 2.24) is 20.0 Å². The number of likely N-dealkylation sites (tertiary alicyclic amines) is 1. The van der Waals surface area contributed by atoms with Crippen LogP contribution in [0.25, 0.3) is 0 Å². The molecular weight excluding hydrogens is 307 g/mol. The summed E-state index contributed by atoms with van der Waals surface area (Å²) in [6.07, 6.45) is 7.47. The van der Waals surface area contributed by atoms with Crippen LogP contribution in [0, 0.1) is 0 Å². The molecule has 1 N–H and O–H groups in total. The Balaban J connectivity index is 0.00000192. The third-order valence-electron chi connectivity index (χ3n) is 4.40. The summed E-state index contributed by atoms with van der Waals surface area (Å²) in [5.41, 5.74) is 0. The third-order valence-corrected chi connectivity index (χ3v) is 4.40. The normalized spacial score (nSPS) is 24.2. The summed E-state index contributed by atoms with van der Waals surface area (Å²) in [5, 5.41) is 18.2. The maximum Gasteiger partial charge on any atom is 1.00 e. The number of rotatable bonds is 7. The summed E-state index contributed by atoms with van der Waals surface area (Å²) in [6.45, 7) is 1.33. The molecule has 1 amide bonds. The second kappa shape index (κ2) is 8.28. The Labute approximate surface area is 157 Å². The van der Waals surface area contributed by atoms with Crippen molar-refractivity contribution in [2.24, 2.45) is 0 Å². The van der Waals surface area contributed by atoms with E-state index in [1.54, 1.807) is 6.20 Å². The van der Waals surface area contributed by atoms with Crippen LogP contribution in [0.2, 0.25) is 0 Å². The molecule has 2 fully saturated rings. The Hall–Kier alpha value is -0.890. The van der Waals surface area contributed by atoms with Gasteiger partial charge in [-0.3, -0.25) is 14.4 Å². The predicted molar refractivity (Wildman–Crippen MR) is 76.5 cm³/mol. The molecular formula is C15H21N4NaO3. The molecule has 8 heteroatoms. The number of amides is 1. The van der Waals surface area contributed by atoms with Gasteiger partial charge in [-0.25, -0.2) is 0 Å². The molecule has 1 aliphatic heterocycles. The standard InChI is InChI=1S/C15H22N4O3.Na/c20-14(16-7-1-9-18-10-2-8-17-18)12-5-6-13(15(21)22)19(12)11-3-4-11;/h2,8,10-13H,1,3-7,9H2,(H,16,20)(H,21,22);/q;+1/p-1. The van der Waals surface area contributed by atoms with Gasteiger partial charge in [-0.05, 0) is 38.2 Å². The number of hydrogen-bond acceptors (Lipinski definition) is 5. The van der Waals surface area contributed by atoms with Crippen molar-refractivity contribution in [3.8, 4) is 0 Å². The molecule has 3 rings (SSSR count). The molecule has 120 valence electrons. The Morgan fingerprint density at radius 2 is 1.96 bits per heavy atom. The summed E-state index contributed by atoms with van der Waals surface area (Å²) in [5.74, 6) is -1.11. The number of carbonyl (C=O) groups excluding carboxylic acids is 2. The van der Waals surface area contributed by atoms with E-state index in [-0.39, 0.29) is 47.5 Å². The summed E-state index contributed by atoms with van der Waals surface area (Å²) in [7, 11) is 0. The van der Waals surface area contributed by atoms with Crippen LogP contribution in [-0.4, -0.2) is 51.2 Å². The van der Waals surface area contributed by atoms with Crippen molar-refractivity contribution >= 4 is 11.9 Å². The van der Waals surface area contributed by atoms with Crippen molar-refractivity contribution < 1.29 is 44.3 Å². The number of carbonyl (C=O) groups is 2. The molecule has 2 unspecified atom stereocenters. The van der Waals surface area contributed by atoms with E-state index in [9.17, 15) is 14.7 Å². The van der Waals surface area contributed by atoms with E-state index in [0.29, 0.717) is 19.4 Å². The van der Waals surface area contributed by atoms with Crippen LogP contribution in [0.5, 0.6) is 0 Å². The number of hydrogen-bond donors (Lipinski definition) is 1. The Morgan fingerprint density at radius 3 is 2.57 bits per heavy atom. The molecule has 2 atom stereocenters. The molecule has 1 aromatic rings. The fourth-order valence-electron chi connectivity index (χ4n) is 3.22. The predicted octanol–water partition coefficient (Wildman–Crippen LogP) is -3.86. The fourth-order valence-corrected chi connectivity index (χ4v) is 3.22. The van der Waals surface area contributed by atoms with E-state index in [4.69, 9.17) is 0 Å². The van der Waals surface area contributed by atoms with E-state index in [1.165, 1.54) is 0 Å². The van der Waals surface area contributed by atoms with Crippen LogP contribution in [0.4, 0.5) is 0 Å². The number of nitrogens with zero attached hydrogens (tertiary/aromatic N) is 3. The first-order valence-electron chi connectivity index (χ1n) is 7.90. The van der Waals surface area contributed by atoms with Crippen LogP contribution in [0.3, 0.4) is 0 Å². The van der Waals surface area contributed by atoms with Gasteiger partial charge in [-0.15, -0.1) is 0 Å². The Morgan fingerprint density at radius 1 is 1.22 bits per heavy atom. The van der Waals surface area contributed by atoms with Gasteiger partial charge >= 0.3 is 29.6 Å². The van der Waals surface area contributed by atoms with E-state index >= 15 is 0 Å².